The van der Waals surface area contributed by atoms with Gasteiger partial charge in [0.2, 0.25) is 0 Å². The third-order valence-electron chi connectivity index (χ3n) is 6.18. The lowest BCUT2D eigenvalue weighted by Gasteiger charge is -2.27. The highest BCUT2D eigenvalue weighted by molar-refractivity contribution is 5.75. The van der Waals surface area contributed by atoms with Crippen molar-refractivity contribution in [2.45, 2.75) is 50.2 Å². The van der Waals surface area contributed by atoms with Gasteiger partial charge in [0.25, 0.3) is 0 Å². The van der Waals surface area contributed by atoms with Crippen LogP contribution in [0.25, 0.3) is 0 Å². The van der Waals surface area contributed by atoms with Gasteiger partial charge in [0.15, 0.2) is 0 Å². The highest BCUT2D eigenvalue weighted by Gasteiger charge is 2.36. The molecule has 1 N–H and O–H groups in total. The predicted molar refractivity (Wildman–Crippen MR) is 93.4 cm³/mol. The highest BCUT2D eigenvalue weighted by Crippen LogP contribution is 2.37. The second kappa shape index (κ2) is 6.28. The Bertz CT molecular complexity index is 633. The highest BCUT2D eigenvalue weighted by atomic mass is 16.5. The summed E-state index contributed by atoms with van der Waals surface area (Å²) in [7, 11) is 3.92. The fourth-order valence-corrected chi connectivity index (χ4v) is 4.70. The summed E-state index contributed by atoms with van der Waals surface area (Å²) < 4.78 is 5.46. The lowest BCUT2D eigenvalue weighted by Crippen LogP contribution is -2.45. The molecule has 0 aromatic heterocycles. The Morgan fingerprint density at radius 2 is 2.04 bits per heavy atom. The van der Waals surface area contributed by atoms with Crippen molar-refractivity contribution >= 4 is 6.03 Å². The van der Waals surface area contributed by atoms with Gasteiger partial charge in [-0.25, -0.2) is 4.79 Å². The van der Waals surface area contributed by atoms with Crippen molar-refractivity contribution in [1.82, 2.24) is 15.1 Å². The maximum atomic E-state index is 12.8. The van der Waals surface area contributed by atoms with Gasteiger partial charge in [0, 0.05) is 25.2 Å². The smallest absolute Gasteiger partial charge is 0.317 e. The Balaban J connectivity index is 1.45. The molecule has 3 aliphatic rings. The van der Waals surface area contributed by atoms with E-state index in [0.29, 0.717) is 12.1 Å². The molecule has 1 aromatic carbocycles. The summed E-state index contributed by atoms with van der Waals surface area (Å²) in [5.41, 5.74) is 2.47. The summed E-state index contributed by atoms with van der Waals surface area (Å²) in [6.45, 7) is 1.73. The topological polar surface area (TPSA) is 44.8 Å². The van der Waals surface area contributed by atoms with Gasteiger partial charge in [-0.15, -0.1) is 0 Å². The van der Waals surface area contributed by atoms with E-state index >= 15 is 0 Å². The lowest BCUT2D eigenvalue weighted by atomic mass is 10.1. The van der Waals surface area contributed by atoms with Crippen LogP contribution in [0, 0.1) is 0 Å². The standard InChI is InChI=1S/C19H27N3O2/c1-21-13-6-7-14(21)12-22(11-10-13)19(23)20-17-9-8-16-15(17)4-3-5-18(16)24-2/h3-5,13-14,17H,6-12H2,1-2H3,(H,20,23). The number of ether oxygens (including phenoxy) is 1. The number of urea groups is 1. The van der Waals surface area contributed by atoms with Crippen molar-refractivity contribution in [2.75, 3.05) is 27.2 Å². The zero-order valence-electron chi connectivity index (χ0n) is 14.6. The molecular weight excluding hydrogens is 302 g/mol. The first kappa shape index (κ1) is 15.8. The van der Waals surface area contributed by atoms with Crippen molar-refractivity contribution in [3.8, 4) is 5.75 Å². The number of hydrogen-bond acceptors (Lipinski definition) is 3. The van der Waals surface area contributed by atoms with Crippen molar-refractivity contribution in [3.63, 3.8) is 0 Å². The Hall–Kier alpha value is -1.75. The van der Waals surface area contributed by atoms with Crippen LogP contribution in [0.15, 0.2) is 18.2 Å². The van der Waals surface area contributed by atoms with E-state index in [4.69, 9.17) is 4.74 Å². The normalized spacial score (nSPS) is 29.2. The molecule has 24 heavy (non-hydrogen) atoms. The number of amides is 2. The van der Waals surface area contributed by atoms with E-state index in [2.05, 4.69) is 23.3 Å². The van der Waals surface area contributed by atoms with Crippen molar-refractivity contribution < 1.29 is 9.53 Å². The van der Waals surface area contributed by atoms with Gasteiger partial charge < -0.3 is 15.0 Å². The monoisotopic (exact) mass is 329 g/mol. The van der Waals surface area contributed by atoms with Gasteiger partial charge in [0.1, 0.15) is 5.75 Å². The zero-order valence-corrected chi connectivity index (χ0v) is 14.6. The first-order chi connectivity index (χ1) is 11.7. The molecule has 130 valence electrons. The van der Waals surface area contributed by atoms with Crippen LogP contribution in [-0.2, 0) is 6.42 Å². The van der Waals surface area contributed by atoms with Gasteiger partial charge in [-0.3, -0.25) is 4.90 Å². The van der Waals surface area contributed by atoms with Gasteiger partial charge in [-0.05, 0) is 56.3 Å². The molecule has 2 aliphatic heterocycles. The molecule has 0 saturated carbocycles. The lowest BCUT2D eigenvalue weighted by molar-refractivity contribution is 0.184. The average Bonchev–Trinajstić information content (AvgIpc) is 3.08. The maximum Gasteiger partial charge on any atom is 0.317 e. The summed E-state index contributed by atoms with van der Waals surface area (Å²) in [5.74, 6) is 0.943. The van der Waals surface area contributed by atoms with E-state index < -0.39 is 0 Å². The Morgan fingerprint density at radius 3 is 2.88 bits per heavy atom. The summed E-state index contributed by atoms with van der Waals surface area (Å²) in [4.78, 5) is 17.3. The Kier molecular flexibility index (Phi) is 4.12. The summed E-state index contributed by atoms with van der Waals surface area (Å²) >= 11 is 0. The van der Waals surface area contributed by atoms with Crippen molar-refractivity contribution in [1.29, 1.82) is 0 Å². The number of nitrogens with one attached hydrogen (secondary N) is 1. The number of hydrogen-bond donors (Lipinski definition) is 1. The number of carbonyl (C=O) groups is 1. The van der Waals surface area contributed by atoms with Crippen molar-refractivity contribution in [3.05, 3.63) is 29.3 Å². The quantitative estimate of drug-likeness (QED) is 0.907. The number of carbonyl (C=O) groups excluding carboxylic acids is 1. The molecule has 1 aromatic rings. The van der Waals surface area contributed by atoms with Crippen LogP contribution in [0.4, 0.5) is 4.79 Å². The molecule has 0 spiro atoms. The van der Waals surface area contributed by atoms with Gasteiger partial charge in [-0.2, -0.15) is 0 Å². The van der Waals surface area contributed by atoms with Crippen LogP contribution in [0.5, 0.6) is 5.75 Å². The van der Waals surface area contributed by atoms with Gasteiger partial charge in [0.05, 0.1) is 13.2 Å². The minimum atomic E-state index is 0.0941. The minimum Gasteiger partial charge on any atom is -0.496 e. The van der Waals surface area contributed by atoms with E-state index in [1.807, 2.05) is 17.0 Å². The number of likely N-dealkylation sites (N-methyl/N-ethyl adjacent to an activating group) is 1. The minimum absolute atomic E-state index is 0.0941. The SMILES string of the molecule is COc1cccc2c1CCC2NC(=O)N1CCC2CCC(C1)N2C. The molecular formula is C19H27N3O2. The predicted octanol–water partition coefficient (Wildman–Crippen LogP) is 2.56. The average molecular weight is 329 g/mol. The van der Waals surface area contributed by atoms with Crippen LogP contribution in [0.1, 0.15) is 42.9 Å². The third-order valence-corrected chi connectivity index (χ3v) is 6.18. The number of likely N-dealkylation sites (tertiary alicyclic amines) is 1. The van der Waals surface area contributed by atoms with Crippen LogP contribution >= 0.6 is 0 Å². The number of nitrogens with zero attached hydrogens (tertiary/aromatic N) is 2. The van der Waals surface area contributed by atoms with Crippen LogP contribution in [0.2, 0.25) is 0 Å². The van der Waals surface area contributed by atoms with Gasteiger partial charge in [-0.1, -0.05) is 12.1 Å². The molecule has 2 amide bonds. The Labute approximate surface area is 144 Å². The largest absolute Gasteiger partial charge is 0.496 e. The molecule has 4 rings (SSSR count). The number of rotatable bonds is 2. The van der Waals surface area contributed by atoms with E-state index in [1.54, 1.807) is 7.11 Å². The molecule has 2 bridgehead atoms. The molecule has 5 heteroatoms. The number of benzene rings is 1. The number of fused-ring (bicyclic) bond motifs is 3. The first-order valence-corrected chi connectivity index (χ1v) is 9.10. The van der Waals surface area contributed by atoms with E-state index in [9.17, 15) is 4.79 Å². The van der Waals surface area contributed by atoms with Crippen LogP contribution in [0.3, 0.4) is 0 Å². The molecule has 3 atom stereocenters. The summed E-state index contributed by atoms with van der Waals surface area (Å²) in [6, 6.07) is 7.53. The molecule has 3 unspecified atom stereocenters. The second-order valence-electron chi connectivity index (χ2n) is 7.35. The second-order valence-corrected chi connectivity index (χ2v) is 7.35. The van der Waals surface area contributed by atoms with Crippen LogP contribution < -0.4 is 10.1 Å². The first-order valence-electron chi connectivity index (χ1n) is 9.10. The fraction of sp³-hybridized carbons (Fsp3) is 0.632. The molecule has 2 saturated heterocycles. The van der Waals surface area contributed by atoms with E-state index in [1.165, 1.54) is 24.0 Å². The van der Waals surface area contributed by atoms with E-state index in [0.717, 1.165) is 38.1 Å². The summed E-state index contributed by atoms with van der Waals surface area (Å²) in [6.07, 6.45) is 5.52. The van der Waals surface area contributed by atoms with E-state index in [-0.39, 0.29) is 12.1 Å². The number of methoxy groups -OCH3 is 1. The van der Waals surface area contributed by atoms with Crippen molar-refractivity contribution in [2.24, 2.45) is 0 Å². The Morgan fingerprint density at radius 1 is 1.21 bits per heavy atom. The fourth-order valence-electron chi connectivity index (χ4n) is 4.70. The zero-order chi connectivity index (χ0) is 16.7. The molecule has 0 radical (unpaired) electrons. The van der Waals surface area contributed by atoms with Crippen LogP contribution in [-0.4, -0.2) is 55.2 Å². The van der Waals surface area contributed by atoms with Gasteiger partial charge >= 0.3 is 6.03 Å². The third kappa shape index (κ3) is 2.65. The maximum absolute atomic E-state index is 12.8. The molecule has 2 heterocycles. The summed E-state index contributed by atoms with van der Waals surface area (Å²) in [5, 5.41) is 3.27. The molecule has 5 nitrogen and oxygen atoms in total. The molecule has 1 aliphatic carbocycles. The molecule has 2 fully saturated rings.